The molecule has 5 heteroatoms. The summed E-state index contributed by atoms with van der Waals surface area (Å²) >= 11 is 1.70. The summed E-state index contributed by atoms with van der Waals surface area (Å²) in [4.78, 5) is 26.2. The van der Waals surface area contributed by atoms with Crippen LogP contribution in [0, 0.1) is 6.92 Å². The Morgan fingerprint density at radius 1 is 1.25 bits per heavy atom. The van der Waals surface area contributed by atoms with Gasteiger partial charge in [0, 0.05) is 15.3 Å². The lowest BCUT2D eigenvalue weighted by atomic mass is 10.1. The maximum Gasteiger partial charge on any atom is 0.335 e. The standard InChI is InChI=1S/C19H14O4S/c1-10-2-5-13(24-10)8-11-3-6-14-17(20)15-9-12(19(21)22)4-7-16(15)23-18(11)14/h2,4-5,7-9H,3,6H2,1H3,(H,21,22). The first-order valence-electron chi connectivity index (χ1n) is 7.63. The summed E-state index contributed by atoms with van der Waals surface area (Å²) in [7, 11) is 0. The molecular weight excluding hydrogens is 324 g/mol. The fourth-order valence-corrected chi connectivity index (χ4v) is 3.91. The number of carboxylic acid groups (broad SMARTS) is 1. The maximum absolute atomic E-state index is 12.7. The number of hydrogen-bond donors (Lipinski definition) is 1. The first kappa shape index (κ1) is 14.9. The molecule has 4 rings (SSSR count). The van der Waals surface area contributed by atoms with Crippen LogP contribution in [0.3, 0.4) is 0 Å². The molecule has 0 radical (unpaired) electrons. The van der Waals surface area contributed by atoms with Gasteiger partial charge in [-0.3, -0.25) is 4.79 Å². The zero-order chi connectivity index (χ0) is 16.8. The number of hydrogen-bond acceptors (Lipinski definition) is 4. The van der Waals surface area contributed by atoms with E-state index in [9.17, 15) is 9.59 Å². The lowest BCUT2D eigenvalue weighted by Crippen LogP contribution is -2.09. The average molecular weight is 338 g/mol. The van der Waals surface area contributed by atoms with Crippen molar-refractivity contribution in [2.24, 2.45) is 0 Å². The second-order valence-electron chi connectivity index (χ2n) is 5.87. The lowest BCUT2D eigenvalue weighted by molar-refractivity contribution is 0.0697. The number of benzene rings is 1. The number of carboxylic acids is 1. The Balaban J connectivity index is 1.89. The van der Waals surface area contributed by atoms with Crippen LogP contribution in [0.25, 0.3) is 22.6 Å². The van der Waals surface area contributed by atoms with Gasteiger partial charge in [0.2, 0.25) is 0 Å². The van der Waals surface area contributed by atoms with Crippen LogP contribution in [-0.4, -0.2) is 11.1 Å². The predicted octanol–water partition coefficient (Wildman–Crippen LogP) is 4.35. The summed E-state index contributed by atoms with van der Waals surface area (Å²) in [6, 6.07) is 8.54. The molecule has 1 aliphatic rings. The van der Waals surface area contributed by atoms with Crippen molar-refractivity contribution in [2.45, 2.75) is 19.8 Å². The van der Waals surface area contributed by atoms with Crippen LogP contribution in [0.15, 0.2) is 39.5 Å². The highest BCUT2D eigenvalue weighted by Gasteiger charge is 2.24. The van der Waals surface area contributed by atoms with Gasteiger partial charge in [-0.15, -0.1) is 11.3 Å². The number of fused-ring (bicyclic) bond motifs is 2. The molecule has 2 aromatic heterocycles. The largest absolute Gasteiger partial charge is 0.478 e. The fourth-order valence-electron chi connectivity index (χ4n) is 3.07. The molecule has 24 heavy (non-hydrogen) atoms. The van der Waals surface area contributed by atoms with Crippen LogP contribution in [0.2, 0.25) is 0 Å². The normalized spacial score (nSPS) is 15.1. The summed E-state index contributed by atoms with van der Waals surface area (Å²) in [6.45, 7) is 2.06. The molecule has 0 bridgehead atoms. The van der Waals surface area contributed by atoms with Gasteiger partial charge in [0.1, 0.15) is 11.3 Å². The van der Waals surface area contributed by atoms with Crippen LogP contribution in [-0.2, 0) is 6.42 Å². The molecule has 0 saturated carbocycles. The van der Waals surface area contributed by atoms with E-state index in [0.29, 0.717) is 28.7 Å². The van der Waals surface area contributed by atoms with Gasteiger partial charge in [-0.2, -0.15) is 0 Å². The van der Waals surface area contributed by atoms with Gasteiger partial charge in [-0.05, 0) is 61.7 Å². The van der Waals surface area contributed by atoms with Crippen molar-refractivity contribution in [3.8, 4) is 0 Å². The average Bonchev–Trinajstić information content (AvgIpc) is 3.14. The molecule has 0 unspecified atom stereocenters. The molecule has 1 aliphatic carbocycles. The number of aromatic carboxylic acids is 1. The molecule has 1 N–H and O–H groups in total. The smallest absolute Gasteiger partial charge is 0.335 e. The van der Waals surface area contributed by atoms with E-state index in [1.54, 1.807) is 17.4 Å². The van der Waals surface area contributed by atoms with Crippen molar-refractivity contribution in [2.75, 3.05) is 0 Å². The van der Waals surface area contributed by atoms with Gasteiger partial charge in [0.25, 0.3) is 0 Å². The monoisotopic (exact) mass is 338 g/mol. The van der Waals surface area contributed by atoms with Gasteiger partial charge >= 0.3 is 5.97 Å². The quantitative estimate of drug-likeness (QED) is 0.754. The van der Waals surface area contributed by atoms with Crippen LogP contribution >= 0.6 is 11.3 Å². The van der Waals surface area contributed by atoms with Crippen molar-refractivity contribution < 1.29 is 14.3 Å². The van der Waals surface area contributed by atoms with Crippen molar-refractivity contribution in [3.63, 3.8) is 0 Å². The number of aryl methyl sites for hydroxylation is 1. The zero-order valence-corrected chi connectivity index (χ0v) is 13.8. The van der Waals surface area contributed by atoms with E-state index in [0.717, 1.165) is 16.9 Å². The molecule has 3 aromatic rings. The van der Waals surface area contributed by atoms with Crippen molar-refractivity contribution in [1.29, 1.82) is 0 Å². The van der Waals surface area contributed by atoms with E-state index in [4.69, 9.17) is 9.52 Å². The molecule has 1 aromatic carbocycles. The molecule has 4 nitrogen and oxygen atoms in total. The SMILES string of the molecule is Cc1ccc(C=C2CCc3c2oc2ccc(C(=O)O)cc2c3=O)s1. The number of thiophene rings is 1. The van der Waals surface area contributed by atoms with Crippen molar-refractivity contribution in [3.05, 3.63) is 67.2 Å². The summed E-state index contributed by atoms with van der Waals surface area (Å²) < 4.78 is 5.95. The molecule has 120 valence electrons. The Morgan fingerprint density at radius 3 is 2.79 bits per heavy atom. The Hall–Kier alpha value is -2.66. The van der Waals surface area contributed by atoms with Gasteiger partial charge in [0.05, 0.1) is 10.9 Å². The van der Waals surface area contributed by atoms with Crippen LogP contribution in [0.4, 0.5) is 0 Å². The highest BCUT2D eigenvalue weighted by Crippen LogP contribution is 2.35. The first-order valence-corrected chi connectivity index (χ1v) is 8.45. The molecule has 0 fully saturated rings. The molecular formula is C19H14O4S. The molecule has 0 amide bonds. The summed E-state index contributed by atoms with van der Waals surface area (Å²) in [5, 5.41) is 9.43. The molecule has 0 aliphatic heterocycles. The third kappa shape index (κ3) is 2.37. The van der Waals surface area contributed by atoms with E-state index in [-0.39, 0.29) is 11.0 Å². The third-order valence-electron chi connectivity index (χ3n) is 4.24. The summed E-state index contributed by atoms with van der Waals surface area (Å²) in [5.41, 5.74) is 2.06. The predicted molar refractivity (Wildman–Crippen MR) is 94.7 cm³/mol. The van der Waals surface area contributed by atoms with Gasteiger partial charge in [0.15, 0.2) is 5.43 Å². The van der Waals surface area contributed by atoms with Crippen molar-refractivity contribution >= 4 is 39.9 Å². The first-order chi connectivity index (χ1) is 11.5. The topological polar surface area (TPSA) is 67.5 Å². The molecule has 0 atom stereocenters. The zero-order valence-electron chi connectivity index (χ0n) is 13.0. The van der Waals surface area contributed by atoms with Crippen LogP contribution in [0.5, 0.6) is 0 Å². The Labute approximate surface area is 141 Å². The Morgan fingerprint density at radius 2 is 2.08 bits per heavy atom. The summed E-state index contributed by atoms with van der Waals surface area (Å²) in [6.07, 6.45) is 3.46. The highest BCUT2D eigenvalue weighted by molar-refractivity contribution is 7.12. The number of carbonyl (C=O) groups is 1. The molecule has 0 spiro atoms. The Bertz CT molecular complexity index is 1070. The van der Waals surface area contributed by atoms with Crippen LogP contribution < -0.4 is 5.43 Å². The summed E-state index contributed by atoms with van der Waals surface area (Å²) in [5.74, 6) is -0.410. The Kier molecular flexibility index (Phi) is 3.39. The van der Waals surface area contributed by atoms with Gasteiger partial charge in [-0.25, -0.2) is 4.79 Å². The number of allylic oxidation sites excluding steroid dienone is 1. The minimum absolute atomic E-state index is 0.0950. The van der Waals surface area contributed by atoms with Crippen molar-refractivity contribution in [1.82, 2.24) is 0 Å². The minimum Gasteiger partial charge on any atom is -0.478 e. The van der Waals surface area contributed by atoms with E-state index >= 15 is 0 Å². The maximum atomic E-state index is 12.7. The van der Waals surface area contributed by atoms with E-state index < -0.39 is 5.97 Å². The van der Waals surface area contributed by atoms with E-state index in [1.807, 2.05) is 0 Å². The van der Waals surface area contributed by atoms with Gasteiger partial charge < -0.3 is 9.52 Å². The second-order valence-corrected chi connectivity index (χ2v) is 7.19. The lowest BCUT2D eigenvalue weighted by Gasteiger charge is -2.04. The molecule has 2 heterocycles. The van der Waals surface area contributed by atoms with Gasteiger partial charge in [-0.1, -0.05) is 0 Å². The third-order valence-corrected chi connectivity index (χ3v) is 5.19. The van der Waals surface area contributed by atoms with Crippen LogP contribution in [0.1, 0.15) is 37.9 Å². The number of rotatable bonds is 2. The fraction of sp³-hybridized carbons (Fsp3) is 0.158. The second kappa shape index (κ2) is 5.46. The van der Waals surface area contributed by atoms with E-state index in [2.05, 4.69) is 25.1 Å². The highest BCUT2D eigenvalue weighted by atomic mass is 32.1. The van der Waals surface area contributed by atoms with E-state index in [1.165, 1.54) is 17.0 Å². The minimum atomic E-state index is -1.05. The molecule has 0 saturated heterocycles.